The normalized spacial score (nSPS) is 12.7. The van der Waals surface area contributed by atoms with Gasteiger partial charge in [-0.15, -0.1) is 11.3 Å². The first-order chi connectivity index (χ1) is 14.2. The number of rotatable bonds is 4. The minimum absolute atomic E-state index is 0.346. The lowest BCUT2D eigenvalue weighted by Crippen LogP contribution is -2.18. The molecule has 1 aliphatic carbocycles. The Hall–Kier alpha value is -3.12. The van der Waals surface area contributed by atoms with Crippen LogP contribution in [-0.4, -0.2) is 19.2 Å². The molecule has 6 heteroatoms. The van der Waals surface area contributed by atoms with Crippen molar-refractivity contribution in [3.05, 3.63) is 70.6 Å². The van der Waals surface area contributed by atoms with Crippen molar-refractivity contribution in [2.45, 2.75) is 25.7 Å². The minimum Gasteiger partial charge on any atom is -0.465 e. The maximum Gasteiger partial charge on any atom is 0.417 e. The second-order valence-electron chi connectivity index (χ2n) is 6.86. The predicted octanol–water partition coefficient (Wildman–Crippen LogP) is 5.69. The van der Waals surface area contributed by atoms with Crippen molar-refractivity contribution < 1.29 is 19.1 Å². The molecule has 0 radical (unpaired) electrons. The van der Waals surface area contributed by atoms with Crippen LogP contribution < -0.4 is 10.1 Å². The lowest BCUT2D eigenvalue weighted by atomic mass is 9.89. The van der Waals surface area contributed by atoms with E-state index in [0.29, 0.717) is 16.3 Å². The summed E-state index contributed by atoms with van der Waals surface area (Å²) in [6.45, 7) is 0. The summed E-state index contributed by atoms with van der Waals surface area (Å²) >= 11 is 1.28. The molecule has 0 bridgehead atoms. The third kappa shape index (κ3) is 4.17. The Morgan fingerprint density at radius 3 is 2.52 bits per heavy atom. The Labute approximate surface area is 173 Å². The molecule has 1 amide bonds. The van der Waals surface area contributed by atoms with Crippen molar-refractivity contribution in [2.75, 3.05) is 12.4 Å². The van der Waals surface area contributed by atoms with Gasteiger partial charge in [0.1, 0.15) is 16.3 Å². The highest BCUT2D eigenvalue weighted by Crippen LogP contribution is 2.37. The van der Waals surface area contributed by atoms with Crippen molar-refractivity contribution in [2.24, 2.45) is 0 Å². The van der Waals surface area contributed by atoms with Gasteiger partial charge in [0.2, 0.25) is 0 Å². The standard InChI is InChI=1S/C23H21NO4S/c1-27-22(25)20-19(17-12-11-15-7-5-6-8-16(15)13-17)14-29-21(20)24-23(26)28-18-9-3-2-4-10-18/h2-4,9-14H,5-8H2,1H3,(H,24,26). The Balaban J connectivity index is 1.63. The molecule has 0 unspecified atom stereocenters. The molecule has 3 aromatic rings. The van der Waals surface area contributed by atoms with Crippen molar-refractivity contribution in [1.82, 2.24) is 0 Å². The summed E-state index contributed by atoms with van der Waals surface area (Å²) < 4.78 is 10.3. The quantitative estimate of drug-likeness (QED) is 0.564. The topological polar surface area (TPSA) is 64.6 Å². The second-order valence-corrected chi connectivity index (χ2v) is 7.74. The molecule has 0 saturated carbocycles. The van der Waals surface area contributed by atoms with E-state index >= 15 is 0 Å². The van der Waals surface area contributed by atoms with Crippen LogP contribution >= 0.6 is 11.3 Å². The monoisotopic (exact) mass is 407 g/mol. The van der Waals surface area contributed by atoms with Crippen LogP contribution in [0.3, 0.4) is 0 Å². The molecular formula is C23H21NO4S. The molecule has 4 rings (SSSR count). The SMILES string of the molecule is COC(=O)c1c(-c2ccc3c(c2)CCCC3)csc1NC(=O)Oc1ccccc1. The number of thiophene rings is 1. The van der Waals surface area contributed by atoms with E-state index in [2.05, 4.69) is 17.4 Å². The number of aryl methyl sites for hydroxylation is 2. The molecule has 0 aliphatic heterocycles. The third-order valence-corrected chi connectivity index (χ3v) is 5.90. The first-order valence-corrected chi connectivity index (χ1v) is 10.4. The van der Waals surface area contributed by atoms with Crippen molar-refractivity contribution >= 4 is 28.4 Å². The maximum atomic E-state index is 12.5. The smallest absolute Gasteiger partial charge is 0.417 e. The first-order valence-electron chi connectivity index (χ1n) is 9.51. The number of esters is 1. The molecular weight excluding hydrogens is 386 g/mol. The summed E-state index contributed by atoms with van der Waals surface area (Å²) in [7, 11) is 1.34. The number of para-hydroxylation sites is 1. The van der Waals surface area contributed by atoms with Crippen LogP contribution in [-0.2, 0) is 17.6 Å². The Morgan fingerprint density at radius 2 is 1.76 bits per heavy atom. The summed E-state index contributed by atoms with van der Waals surface area (Å²) in [4.78, 5) is 24.8. The summed E-state index contributed by atoms with van der Waals surface area (Å²) in [5.41, 5.74) is 4.75. The van der Waals surface area contributed by atoms with E-state index in [1.54, 1.807) is 24.3 Å². The largest absolute Gasteiger partial charge is 0.465 e. The van der Waals surface area contributed by atoms with Crippen LogP contribution in [0.5, 0.6) is 5.75 Å². The summed E-state index contributed by atoms with van der Waals surface area (Å²) in [5, 5.41) is 4.96. The average molecular weight is 407 g/mol. The second kappa shape index (κ2) is 8.49. The van der Waals surface area contributed by atoms with Gasteiger partial charge in [-0.2, -0.15) is 0 Å². The van der Waals surface area contributed by atoms with Crippen molar-refractivity contribution in [3.8, 4) is 16.9 Å². The summed E-state index contributed by atoms with van der Waals surface area (Å²) in [6, 6.07) is 15.1. The van der Waals surface area contributed by atoms with Gasteiger partial charge >= 0.3 is 12.1 Å². The van der Waals surface area contributed by atoms with Gasteiger partial charge in [-0.1, -0.05) is 36.4 Å². The number of ether oxygens (including phenoxy) is 2. The van der Waals surface area contributed by atoms with Crippen LogP contribution in [0.2, 0.25) is 0 Å². The highest BCUT2D eigenvalue weighted by Gasteiger charge is 2.23. The molecule has 1 heterocycles. The lowest BCUT2D eigenvalue weighted by Gasteiger charge is -2.16. The first kappa shape index (κ1) is 19.2. The minimum atomic E-state index is -0.653. The van der Waals surface area contributed by atoms with Gasteiger partial charge in [-0.3, -0.25) is 5.32 Å². The fourth-order valence-electron chi connectivity index (χ4n) is 3.58. The van der Waals surface area contributed by atoms with E-state index in [0.717, 1.165) is 24.0 Å². The van der Waals surface area contributed by atoms with Crippen molar-refractivity contribution in [3.63, 3.8) is 0 Å². The molecule has 1 aromatic heterocycles. The molecule has 29 heavy (non-hydrogen) atoms. The highest BCUT2D eigenvalue weighted by atomic mass is 32.1. The van der Waals surface area contributed by atoms with Crippen LogP contribution in [0.15, 0.2) is 53.9 Å². The van der Waals surface area contributed by atoms with Crippen LogP contribution in [0.1, 0.15) is 34.3 Å². The van der Waals surface area contributed by atoms with Crippen LogP contribution in [0, 0.1) is 0 Å². The van der Waals surface area contributed by atoms with Crippen molar-refractivity contribution in [1.29, 1.82) is 0 Å². The lowest BCUT2D eigenvalue weighted by molar-refractivity contribution is 0.0603. The van der Waals surface area contributed by atoms with E-state index in [4.69, 9.17) is 9.47 Å². The van der Waals surface area contributed by atoms with Gasteiger partial charge in [0.25, 0.3) is 0 Å². The number of anilines is 1. The molecule has 5 nitrogen and oxygen atoms in total. The van der Waals surface area contributed by atoms with Crippen LogP contribution in [0.4, 0.5) is 9.80 Å². The number of amides is 1. The molecule has 0 spiro atoms. The molecule has 0 atom stereocenters. The maximum absolute atomic E-state index is 12.5. The van der Waals surface area contributed by atoms with E-state index < -0.39 is 12.1 Å². The van der Waals surface area contributed by atoms with E-state index in [9.17, 15) is 9.59 Å². The number of methoxy groups -OCH3 is 1. The Kier molecular flexibility index (Phi) is 5.62. The number of carbonyl (C=O) groups excluding carboxylic acids is 2. The molecule has 0 fully saturated rings. The molecule has 2 aromatic carbocycles. The van der Waals surface area contributed by atoms with Crippen LogP contribution in [0.25, 0.3) is 11.1 Å². The average Bonchev–Trinajstić information content (AvgIpc) is 3.16. The van der Waals surface area contributed by atoms with Gasteiger partial charge in [-0.05, 0) is 54.5 Å². The Bertz CT molecular complexity index is 1040. The number of nitrogens with one attached hydrogen (secondary N) is 1. The van der Waals surface area contributed by atoms with Gasteiger partial charge < -0.3 is 9.47 Å². The number of fused-ring (bicyclic) bond motifs is 1. The third-order valence-electron chi connectivity index (χ3n) is 5.01. The zero-order chi connectivity index (χ0) is 20.2. The van der Waals surface area contributed by atoms with Gasteiger partial charge in [0, 0.05) is 10.9 Å². The van der Waals surface area contributed by atoms with Gasteiger partial charge in [-0.25, -0.2) is 9.59 Å². The fraction of sp³-hybridized carbons (Fsp3) is 0.217. The van der Waals surface area contributed by atoms with Gasteiger partial charge in [0.15, 0.2) is 0 Å². The Morgan fingerprint density at radius 1 is 1.00 bits per heavy atom. The van der Waals surface area contributed by atoms with Gasteiger partial charge in [0.05, 0.1) is 7.11 Å². The molecule has 1 aliphatic rings. The molecule has 0 saturated heterocycles. The number of benzene rings is 2. The number of hydrogen-bond acceptors (Lipinski definition) is 5. The van der Waals surface area contributed by atoms with E-state index in [-0.39, 0.29) is 0 Å². The fourth-order valence-corrected chi connectivity index (χ4v) is 4.52. The number of hydrogen-bond donors (Lipinski definition) is 1. The van der Waals surface area contributed by atoms with E-state index in [1.165, 1.54) is 42.4 Å². The zero-order valence-electron chi connectivity index (χ0n) is 16.1. The molecule has 1 N–H and O–H groups in total. The van der Waals surface area contributed by atoms with E-state index in [1.807, 2.05) is 17.5 Å². The zero-order valence-corrected chi connectivity index (χ0v) is 16.9. The summed E-state index contributed by atoms with van der Waals surface area (Å²) in [6.07, 6.45) is 3.90. The summed E-state index contributed by atoms with van der Waals surface area (Å²) in [5.74, 6) is -0.0648. The number of carbonyl (C=O) groups is 2. The molecule has 148 valence electrons. The highest BCUT2D eigenvalue weighted by molar-refractivity contribution is 7.15. The predicted molar refractivity (Wildman–Crippen MR) is 114 cm³/mol.